The zero-order valence-electron chi connectivity index (χ0n) is 13.7. The van der Waals surface area contributed by atoms with E-state index >= 15 is 0 Å². The number of hydrogen-bond acceptors (Lipinski definition) is 3. The Kier molecular flexibility index (Phi) is 4.61. The third-order valence-corrected chi connectivity index (χ3v) is 3.97. The number of rotatable bonds is 4. The highest BCUT2D eigenvalue weighted by Gasteiger charge is 2.11. The van der Waals surface area contributed by atoms with Crippen molar-refractivity contribution in [2.24, 2.45) is 0 Å². The average Bonchev–Trinajstić information content (AvgIpc) is 2.64. The summed E-state index contributed by atoms with van der Waals surface area (Å²) in [6.07, 6.45) is 0. The molecule has 3 aromatic carbocycles. The molecule has 0 atom stereocenters. The van der Waals surface area contributed by atoms with Gasteiger partial charge in [0.25, 0.3) is 5.91 Å². The highest BCUT2D eigenvalue weighted by atomic mass is 16.4. The second-order valence-electron chi connectivity index (χ2n) is 5.68. The molecular formula is C21H16NO3-. The van der Waals surface area contributed by atoms with Crippen LogP contribution >= 0.6 is 0 Å². The molecular weight excluding hydrogens is 314 g/mol. The molecule has 3 aromatic rings. The van der Waals surface area contributed by atoms with Crippen molar-refractivity contribution in [1.29, 1.82) is 0 Å². The van der Waals surface area contributed by atoms with Gasteiger partial charge in [-0.05, 0) is 47.9 Å². The van der Waals surface area contributed by atoms with Crippen LogP contribution in [0.15, 0.2) is 72.8 Å². The molecule has 3 rings (SSSR count). The third kappa shape index (κ3) is 3.58. The molecule has 0 fully saturated rings. The van der Waals surface area contributed by atoms with Crippen molar-refractivity contribution in [2.45, 2.75) is 6.92 Å². The van der Waals surface area contributed by atoms with E-state index in [1.807, 2.05) is 19.1 Å². The predicted octanol–water partition coefficient (Wildman–Crippen LogP) is 3.28. The van der Waals surface area contributed by atoms with Crippen LogP contribution in [0.3, 0.4) is 0 Å². The lowest BCUT2D eigenvalue weighted by molar-refractivity contribution is -0.254. The van der Waals surface area contributed by atoms with Crippen molar-refractivity contribution in [1.82, 2.24) is 0 Å². The van der Waals surface area contributed by atoms with Gasteiger partial charge in [-0.25, -0.2) is 0 Å². The third-order valence-electron chi connectivity index (χ3n) is 3.97. The summed E-state index contributed by atoms with van der Waals surface area (Å²) < 4.78 is 0. The van der Waals surface area contributed by atoms with Gasteiger partial charge in [0.2, 0.25) is 0 Å². The number of anilines is 1. The van der Waals surface area contributed by atoms with Crippen molar-refractivity contribution in [2.75, 3.05) is 5.32 Å². The Balaban J connectivity index is 1.97. The van der Waals surface area contributed by atoms with Crippen LogP contribution in [-0.4, -0.2) is 11.9 Å². The zero-order valence-corrected chi connectivity index (χ0v) is 13.7. The van der Waals surface area contributed by atoms with Gasteiger partial charge in [-0.1, -0.05) is 48.5 Å². The minimum absolute atomic E-state index is 0.122. The summed E-state index contributed by atoms with van der Waals surface area (Å²) in [6.45, 7) is 1.89. The summed E-state index contributed by atoms with van der Waals surface area (Å²) in [4.78, 5) is 23.7. The number of carbonyl (C=O) groups is 2. The molecule has 124 valence electrons. The number of benzene rings is 3. The normalized spacial score (nSPS) is 10.3. The van der Waals surface area contributed by atoms with Crippen LogP contribution in [0.1, 0.15) is 26.3 Å². The summed E-state index contributed by atoms with van der Waals surface area (Å²) in [7, 11) is 0. The monoisotopic (exact) mass is 330 g/mol. The number of amides is 1. The van der Waals surface area contributed by atoms with Gasteiger partial charge in [-0.3, -0.25) is 4.79 Å². The van der Waals surface area contributed by atoms with E-state index in [0.717, 1.165) is 11.1 Å². The highest BCUT2D eigenvalue weighted by molar-refractivity contribution is 6.04. The molecule has 0 unspecified atom stereocenters. The van der Waals surface area contributed by atoms with E-state index in [1.165, 1.54) is 6.07 Å². The quantitative estimate of drug-likeness (QED) is 0.798. The lowest BCUT2D eigenvalue weighted by atomic mass is 9.95. The number of carboxylic acids is 1. The summed E-state index contributed by atoms with van der Waals surface area (Å²) in [6, 6.07) is 21.0. The van der Waals surface area contributed by atoms with E-state index in [2.05, 4.69) is 5.32 Å². The first-order chi connectivity index (χ1) is 12.1. The molecule has 0 aliphatic carbocycles. The minimum atomic E-state index is -1.23. The highest BCUT2D eigenvalue weighted by Crippen LogP contribution is 2.29. The molecule has 0 spiro atoms. The van der Waals surface area contributed by atoms with Crippen LogP contribution in [0, 0.1) is 6.92 Å². The number of hydrogen-bond donors (Lipinski definition) is 1. The fourth-order valence-electron chi connectivity index (χ4n) is 2.68. The molecule has 4 nitrogen and oxygen atoms in total. The van der Waals surface area contributed by atoms with Crippen LogP contribution in [0.2, 0.25) is 0 Å². The van der Waals surface area contributed by atoms with E-state index in [0.29, 0.717) is 16.8 Å². The smallest absolute Gasteiger partial charge is 0.255 e. The van der Waals surface area contributed by atoms with Gasteiger partial charge in [-0.2, -0.15) is 0 Å². The molecule has 0 saturated carbocycles. The van der Waals surface area contributed by atoms with E-state index in [9.17, 15) is 14.7 Å². The molecule has 0 aromatic heterocycles. The Hall–Kier alpha value is -3.40. The van der Waals surface area contributed by atoms with Crippen molar-refractivity contribution in [3.8, 4) is 11.1 Å². The Morgan fingerprint density at radius 2 is 1.52 bits per heavy atom. The molecule has 1 N–H and O–H groups in total. The van der Waals surface area contributed by atoms with Crippen molar-refractivity contribution < 1.29 is 14.7 Å². The first-order valence-corrected chi connectivity index (χ1v) is 7.84. The minimum Gasteiger partial charge on any atom is -0.545 e. The number of aryl methyl sites for hydroxylation is 1. The molecule has 0 aliphatic rings. The summed E-state index contributed by atoms with van der Waals surface area (Å²) >= 11 is 0. The second-order valence-corrected chi connectivity index (χ2v) is 5.68. The van der Waals surface area contributed by atoms with Gasteiger partial charge in [0.15, 0.2) is 0 Å². The van der Waals surface area contributed by atoms with Crippen molar-refractivity contribution in [3.05, 3.63) is 89.5 Å². The Morgan fingerprint density at radius 1 is 0.840 bits per heavy atom. The molecule has 0 radical (unpaired) electrons. The van der Waals surface area contributed by atoms with E-state index in [4.69, 9.17) is 0 Å². The fourth-order valence-corrected chi connectivity index (χ4v) is 2.68. The molecule has 1 amide bonds. The average molecular weight is 330 g/mol. The van der Waals surface area contributed by atoms with Gasteiger partial charge in [0, 0.05) is 16.8 Å². The van der Waals surface area contributed by atoms with Gasteiger partial charge in [0.05, 0.1) is 5.97 Å². The molecule has 4 heteroatoms. The van der Waals surface area contributed by atoms with Crippen molar-refractivity contribution >= 4 is 17.6 Å². The van der Waals surface area contributed by atoms with E-state index in [-0.39, 0.29) is 11.5 Å². The number of carboxylic acid groups (broad SMARTS) is 1. The lowest BCUT2D eigenvalue weighted by Crippen LogP contribution is -2.23. The standard InChI is InChI=1S/C21H17NO3/c1-14-11-12-16(22-20(23)15-7-3-2-4-8-15)13-19(14)17-9-5-6-10-18(17)21(24)25/h2-13H,1H3,(H,22,23)(H,24,25)/p-1. The fraction of sp³-hybridized carbons (Fsp3) is 0.0476. The van der Waals surface area contributed by atoms with Crippen molar-refractivity contribution in [3.63, 3.8) is 0 Å². The molecule has 0 bridgehead atoms. The maximum Gasteiger partial charge on any atom is 0.255 e. The van der Waals surface area contributed by atoms with Gasteiger partial charge in [0.1, 0.15) is 0 Å². The largest absolute Gasteiger partial charge is 0.545 e. The van der Waals surface area contributed by atoms with E-state index < -0.39 is 5.97 Å². The Morgan fingerprint density at radius 3 is 2.24 bits per heavy atom. The first-order valence-electron chi connectivity index (χ1n) is 7.84. The SMILES string of the molecule is Cc1ccc(NC(=O)c2ccccc2)cc1-c1ccccc1C(=O)[O-]. The van der Waals surface area contributed by atoms with E-state index in [1.54, 1.807) is 54.6 Å². The summed E-state index contributed by atoms with van der Waals surface area (Å²) in [5.41, 5.74) is 3.49. The van der Waals surface area contributed by atoms with Gasteiger partial charge >= 0.3 is 0 Å². The molecule has 25 heavy (non-hydrogen) atoms. The van der Waals surface area contributed by atoms with Gasteiger partial charge < -0.3 is 15.2 Å². The maximum absolute atomic E-state index is 12.3. The molecule has 0 heterocycles. The second kappa shape index (κ2) is 7.01. The summed E-state index contributed by atoms with van der Waals surface area (Å²) in [5, 5.41) is 14.2. The number of aromatic carboxylic acids is 1. The van der Waals surface area contributed by atoms with Crippen LogP contribution in [0.5, 0.6) is 0 Å². The zero-order chi connectivity index (χ0) is 17.8. The summed E-state index contributed by atoms with van der Waals surface area (Å²) in [5.74, 6) is -1.45. The Labute approximate surface area is 145 Å². The topological polar surface area (TPSA) is 69.2 Å². The van der Waals surface area contributed by atoms with Crippen LogP contribution in [0.25, 0.3) is 11.1 Å². The first kappa shape index (κ1) is 16.5. The van der Waals surface area contributed by atoms with Crippen LogP contribution < -0.4 is 10.4 Å². The number of nitrogens with one attached hydrogen (secondary N) is 1. The lowest BCUT2D eigenvalue weighted by Gasteiger charge is -2.14. The Bertz CT molecular complexity index is 933. The molecule has 0 aliphatic heterocycles. The number of carbonyl (C=O) groups excluding carboxylic acids is 2. The van der Waals surface area contributed by atoms with Crippen LogP contribution in [0.4, 0.5) is 5.69 Å². The van der Waals surface area contributed by atoms with Crippen LogP contribution in [-0.2, 0) is 0 Å². The maximum atomic E-state index is 12.3. The van der Waals surface area contributed by atoms with Gasteiger partial charge in [-0.15, -0.1) is 0 Å². The molecule has 0 saturated heterocycles. The predicted molar refractivity (Wildman–Crippen MR) is 95.3 cm³/mol.